The summed E-state index contributed by atoms with van der Waals surface area (Å²) in [5, 5.41) is 0. The van der Waals surface area contributed by atoms with E-state index in [9.17, 15) is 0 Å². The molecule has 0 nitrogen and oxygen atoms in total. The summed E-state index contributed by atoms with van der Waals surface area (Å²) in [4.78, 5) is 0. The molecule has 0 radical (unpaired) electrons. The SMILES string of the molecule is CCCc1ccc(CCc2ccc([C@H](C)CC3CCC(C)CC3)cc2)cc1. The van der Waals surface area contributed by atoms with E-state index in [2.05, 4.69) is 69.3 Å². The highest BCUT2D eigenvalue weighted by molar-refractivity contribution is 5.27. The number of benzene rings is 2. The van der Waals surface area contributed by atoms with Crippen LogP contribution < -0.4 is 0 Å². The van der Waals surface area contributed by atoms with E-state index in [0.717, 1.165) is 24.7 Å². The van der Waals surface area contributed by atoms with Crippen molar-refractivity contribution in [3.63, 3.8) is 0 Å². The Bertz CT molecular complexity index is 656. The molecular formula is C27H38. The summed E-state index contributed by atoms with van der Waals surface area (Å²) >= 11 is 0. The Balaban J connectivity index is 1.47. The van der Waals surface area contributed by atoms with Crippen molar-refractivity contribution < 1.29 is 0 Å². The summed E-state index contributed by atoms with van der Waals surface area (Å²) < 4.78 is 0. The van der Waals surface area contributed by atoms with Gasteiger partial charge in [0.05, 0.1) is 0 Å². The van der Waals surface area contributed by atoms with Gasteiger partial charge in [-0.3, -0.25) is 0 Å². The summed E-state index contributed by atoms with van der Waals surface area (Å²) in [6.07, 6.45) is 11.8. The molecule has 1 aliphatic carbocycles. The summed E-state index contributed by atoms with van der Waals surface area (Å²) in [5.74, 6) is 2.61. The highest BCUT2D eigenvalue weighted by atomic mass is 14.3. The van der Waals surface area contributed by atoms with E-state index in [1.165, 1.54) is 67.2 Å². The highest BCUT2D eigenvalue weighted by Crippen LogP contribution is 2.35. The van der Waals surface area contributed by atoms with Crippen LogP contribution in [0.5, 0.6) is 0 Å². The van der Waals surface area contributed by atoms with Crippen molar-refractivity contribution in [2.24, 2.45) is 11.8 Å². The highest BCUT2D eigenvalue weighted by Gasteiger charge is 2.20. The Morgan fingerprint density at radius 2 is 1.22 bits per heavy atom. The topological polar surface area (TPSA) is 0 Å². The zero-order valence-corrected chi connectivity index (χ0v) is 17.7. The second-order valence-corrected chi connectivity index (χ2v) is 9.07. The van der Waals surface area contributed by atoms with Gasteiger partial charge in [-0.25, -0.2) is 0 Å². The predicted octanol–water partition coefficient (Wildman–Crippen LogP) is 7.74. The maximum atomic E-state index is 2.42. The standard InChI is InChI=1S/C27H38/c1-4-5-23-10-12-24(13-11-23)14-15-25-16-18-27(19-17-25)22(3)20-26-8-6-21(2)7-9-26/h10-13,16-19,21-22,26H,4-9,14-15,20H2,1-3H3/t21?,22-,26?/m1/s1. The molecule has 1 saturated carbocycles. The van der Waals surface area contributed by atoms with Crippen LogP contribution >= 0.6 is 0 Å². The third-order valence-electron chi connectivity index (χ3n) is 6.64. The first-order valence-electron chi connectivity index (χ1n) is 11.3. The largest absolute Gasteiger partial charge is 0.0651 e. The molecule has 0 bridgehead atoms. The Morgan fingerprint density at radius 3 is 1.74 bits per heavy atom. The molecule has 146 valence electrons. The first-order valence-corrected chi connectivity index (χ1v) is 11.3. The van der Waals surface area contributed by atoms with Crippen LogP contribution in [0.3, 0.4) is 0 Å². The van der Waals surface area contributed by atoms with Gasteiger partial charge in [0.25, 0.3) is 0 Å². The zero-order valence-electron chi connectivity index (χ0n) is 17.7. The molecule has 2 aromatic rings. The minimum Gasteiger partial charge on any atom is -0.0651 e. The molecule has 0 saturated heterocycles. The van der Waals surface area contributed by atoms with Gasteiger partial charge in [0.15, 0.2) is 0 Å². The van der Waals surface area contributed by atoms with E-state index in [1.807, 2.05) is 0 Å². The molecule has 0 unspecified atom stereocenters. The molecule has 27 heavy (non-hydrogen) atoms. The van der Waals surface area contributed by atoms with Crippen LogP contribution in [0, 0.1) is 11.8 Å². The fourth-order valence-electron chi connectivity index (χ4n) is 4.66. The van der Waals surface area contributed by atoms with Gasteiger partial charge >= 0.3 is 0 Å². The van der Waals surface area contributed by atoms with E-state index in [1.54, 1.807) is 0 Å². The number of hydrogen-bond donors (Lipinski definition) is 0. The van der Waals surface area contributed by atoms with Crippen molar-refractivity contribution >= 4 is 0 Å². The summed E-state index contributed by atoms with van der Waals surface area (Å²) in [7, 11) is 0. The lowest BCUT2D eigenvalue weighted by atomic mass is 9.78. The van der Waals surface area contributed by atoms with Gasteiger partial charge < -0.3 is 0 Å². The van der Waals surface area contributed by atoms with Gasteiger partial charge in [-0.05, 0) is 65.7 Å². The van der Waals surface area contributed by atoms with Crippen LogP contribution in [-0.2, 0) is 19.3 Å². The molecular weight excluding hydrogens is 324 g/mol. The van der Waals surface area contributed by atoms with Crippen molar-refractivity contribution in [1.82, 2.24) is 0 Å². The van der Waals surface area contributed by atoms with Crippen molar-refractivity contribution in [2.75, 3.05) is 0 Å². The predicted molar refractivity (Wildman–Crippen MR) is 118 cm³/mol. The smallest absolute Gasteiger partial charge is 0.0188 e. The van der Waals surface area contributed by atoms with Gasteiger partial charge in [0, 0.05) is 0 Å². The third kappa shape index (κ3) is 6.23. The molecule has 0 amide bonds. The second-order valence-electron chi connectivity index (χ2n) is 9.07. The van der Waals surface area contributed by atoms with Crippen molar-refractivity contribution in [3.05, 3.63) is 70.8 Å². The third-order valence-corrected chi connectivity index (χ3v) is 6.64. The van der Waals surface area contributed by atoms with Crippen LogP contribution in [0.4, 0.5) is 0 Å². The van der Waals surface area contributed by atoms with Gasteiger partial charge in [0.2, 0.25) is 0 Å². The first kappa shape index (κ1) is 20.2. The fourth-order valence-corrected chi connectivity index (χ4v) is 4.66. The summed E-state index contributed by atoms with van der Waals surface area (Å²) in [6, 6.07) is 18.7. The molecule has 0 heteroatoms. The second kappa shape index (κ2) is 10.1. The first-order chi connectivity index (χ1) is 13.1. The maximum Gasteiger partial charge on any atom is -0.0188 e. The Morgan fingerprint density at radius 1 is 0.741 bits per heavy atom. The van der Waals surface area contributed by atoms with Crippen molar-refractivity contribution in [3.8, 4) is 0 Å². The molecule has 0 spiro atoms. The van der Waals surface area contributed by atoms with Crippen molar-refractivity contribution in [1.29, 1.82) is 0 Å². The van der Waals surface area contributed by atoms with Gasteiger partial charge in [-0.1, -0.05) is 101 Å². The normalized spacial score (nSPS) is 21.1. The molecule has 0 N–H and O–H groups in total. The molecule has 0 heterocycles. The summed E-state index contributed by atoms with van der Waals surface area (Å²) in [5.41, 5.74) is 5.92. The quantitative estimate of drug-likeness (QED) is 0.450. The molecule has 3 rings (SSSR count). The molecule has 1 aliphatic rings. The molecule has 1 fully saturated rings. The molecule has 0 aliphatic heterocycles. The van der Waals surface area contributed by atoms with Crippen LogP contribution in [0.1, 0.15) is 87.5 Å². The lowest BCUT2D eigenvalue weighted by Gasteiger charge is -2.28. The van der Waals surface area contributed by atoms with Crippen LogP contribution in [0.2, 0.25) is 0 Å². The zero-order chi connectivity index (χ0) is 19.1. The lowest BCUT2D eigenvalue weighted by Crippen LogP contribution is -2.14. The Kier molecular flexibility index (Phi) is 7.56. The molecule has 0 aromatic heterocycles. The van der Waals surface area contributed by atoms with Crippen molar-refractivity contribution in [2.45, 2.75) is 84.5 Å². The Labute approximate surface area is 167 Å². The van der Waals surface area contributed by atoms with E-state index in [-0.39, 0.29) is 0 Å². The van der Waals surface area contributed by atoms with Gasteiger partial charge in [-0.15, -0.1) is 0 Å². The van der Waals surface area contributed by atoms with Crippen LogP contribution in [0.15, 0.2) is 48.5 Å². The van der Waals surface area contributed by atoms with Crippen LogP contribution in [-0.4, -0.2) is 0 Å². The average molecular weight is 363 g/mol. The van der Waals surface area contributed by atoms with Gasteiger partial charge in [0.1, 0.15) is 0 Å². The average Bonchev–Trinajstić information content (AvgIpc) is 2.70. The van der Waals surface area contributed by atoms with Crippen LogP contribution in [0.25, 0.3) is 0 Å². The minimum absolute atomic E-state index is 0.698. The summed E-state index contributed by atoms with van der Waals surface area (Å²) in [6.45, 7) is 7.08. The monoisotopic (exact) mass is 362 g/mol. The number of rotatable bonds is 8. The number of hydrogen-bond acceptors (Lipinski definition) is 0. The number of aryl methyl sites for hydroxylation is 3. The van der Waals surface area contributed by atoms with E-state index < -0.39 is 0 Å². The van der Waals surface area contributed by atoms with Gasteiger partial charge in [-0.2, -0.15) is 0 Å². The van der Waals surface area contributed by atoms with E-state index in [4.69, 9.17) is 0 Å². The van der Waals surface area contributed by atoms with E-state index >= 15 is 0 Å². The lowest BCUT2D eigenvalue weighted by molar-refractivity contribution is 0.267. The molecule has 1 atom stereocenters. The maximum absolute atomic E-state index is 2.42. The minimum atomic E-state index is 0.698. The Hall–Kier alpha value is -1.56. The molecule has 2 aromatic carbocycles. The van der Waals surface area contributed by atoms with E-state index in [0.29, 0.717) is 5.92 Å². The fraction of sp³-hybridized carbons (Fsp3) is 0.556.